The molecule has 0 saturated carbocycles. The third kappa shape index (κ3) is 9.93. The lowest BCUT2D eigenvalue weighted by atomic mass is 9.70. The van der Waals surface area contributed by atoms with Gasteiger partial charge >= 0.3 is 0 Å². The second-order valence-corrected chi connectivity index (χ2v) is 23.9. The minimum Gasteiger partial charge on any atom is -0.376 e. The molecule has 7 heteroatoms. The second kappa shape index (κ2) is 24.0. The normalized spacial score (nSPS) is 14.1. The van der Waals surface area contributed by atoms with Crippen LogP contribution in [0.2, 0.25) is 0 Å². The molecule has 0 amide bonds. The van der Waals surface area contributed by atoms with Crippen molar-refractivity contribution in [2.75, 3.05) is 0 Å². The summed E-state index contributed by atoms with van der Waals surface area (Å²) in [6.07, 6.45) is 0. The van der Waals surface area contributed by atoms with E-state index in [2.05, 4.69) is 221 Å². The molecule has 1 spiro atoms. The number of benzene rings is 12. The fourth-order valence-corrected chi connectivity index (χ4v) is 14.2. The van der Waals surface area contributed by atoms with Crippen molar-refractivity contribution in [3.05, 3.63) is 353 Å². The van der Waals surface area contributed by atoms with Crippen molar-refractivity contribution >= 4 is 81.9 Å². The fraction of sp³-hybridized carbons (Fsp3) is 0.0395. The summed E-state index contributed by atoms with van der Waals surface area (Å²) in [5, 5.41) is 12.2. The van der Waals surface area contributed by atoms with E-state index in [9.17, 15) is 9.90 Å². The Morgan fingerprint density at radius 1 is 0.265 bits per heavy atom. The van der Waals surface area contributed by atoms with E-state index in [4.69, 9.17) is 0 Å². The molecule has 0 aliphatic heterocycles. The van der Waals surface area contributed by atoms with Crippen LogP contribution in [-0.4, -0.2) is 10.9 Å². The van der Waals surface area contributed by atoms with Crippen molar-refractivity contribution < 1.29 is 9.90 Å². The molecule has 0 aromatic heterocycles. The molecule has 1 unspecified atom stereocenters. The van der Waals surface area contributed by atoms with E-state index in [0.717, 1.165) is 79.1 Å². The molecule has 404 valence electrons. The van der Waals surface area contributed by atoms with E-state index in [0.29, 0.717) is 0 Å². The van der Waals surface area contributed by atoms with Crippen LogP contribution in [0.15, 0.2) is 303 Å². The van der Waals surface area contributed by atoms with Crippen LogP contribution in [-0.2, 0) is 11.0 Å². The van der Waals surface area contributed by atoms with Crippen LogP contribution >= 0.6 is 76.1 Å². The van der Waals surface area contributed by atoms with Crippen molar-refractivity contribution in [3.63, 3.8) is 0 Å². The minimum absolute atomic E-state index is 0. The number of halogens is 5. The molecule has 4 aliphatic carbocycles. The monoisotopic (exact) mass is 1350 g/mol. The first-order valence-electron chi connectivity index (χ1n) is 26.8. The maximum Gasteiger partial charge on any atom is 0.194 e. The quantitative estimate of drug-likeness (QED) is 0.191. The van der Waals surface area contributed by atoms with Gasteiger partial charge in [0.2, 0.25) is 0 Å². The van der Waals surface area contributed by atoms with Crippen molar-refractivity contribution in [2.45, 2.75) is 18.4 Å². The maximum atomic E-state index is 12.2. The highest BCUT2D eigenvalue weighted by molar-refractivity contribution is 9.11. The number of carbonyl (C=O) groups is 1. The first-order chi connectivity index (χ1) is 39.7. The predicted octanol–water partition coefficient (Wildman–Crippen LogP) is 22.0. The zero-order valence-corrected chi connectivity index (χ0v) is 51.1. The van der Waals surface area contributed by atoms with Gasteiger partial charge in [-0.15, -0.1) is 12.4 Å². The Balaban J connectivity index is 0.000000120. The summed E-state index contributed by atoms with van der Waals surface area (Å²) in [5.74, 6) is 0.127. The van der Waals surface area contributed by atoms with Gasteiger partial charge in [-0.25, -0.2) is 0 Å². The van der Waals surface area contributed by atoms with Crippen molar-refractivity contribution in [3.8, 4) is 66.8 Å². The van der Waals surface area contributed by atoms with E-state index >= 15 is 0 Å². The van der Waals surface area contributed by atoms with E-state index in [1.54, 1.807) is 0 Å². The van der Waals surface area contributed by atoms with Gasteiger partial charge < -0.3 is 5.11 Å². The summed E-state index contributed by atoms with van der Waals surface area (Å²) in [5.41, 5.74) is 22.8. The summed E-state index contributed by atoms with van der Waals surface area (Å²) in [7, 11) is 0. The third-order valence-electron chi connectivity index (χ3n) is 16.0. The lowest BCUT2D eigenvalue weighted by Gasteiger charge is -2.30. The molecule has 0 fully saturated rings. The Kier molecular flexibility index (Phi) is 16.6. The van der Waals surface area contributed by atoms with Crippen LogP contribution in [0, 0.1) is 0 Å². The Bertz CT molecular complexity index is 4340. The summed E-state index contributed by atoms with van der Waals surface area (Å²) in [4.78, 5) is 12.0. The van der Waals surface area contributed by atoms with Gasteiger partial charge in [0.1, 0.15) is 5.60 Å². The average molecular weight is 1350 g/mol. The largest absolute Gasteiger partial charge is 0.376 e. The number of rotatable bonds is 3. The van der Waals surface area contributed by atoms with Crippen molar-refractivity contribution in [2.24, 2.45) is 0 Å². The Morgan fingerprint density at radius 2 is 0.578 bits per heavy atom. The van der Waals surface area contributed by atoms with Gasteiger partial charge in [0.15, 0.2) is 5.78 Å². The molecule has 1 atom stereocenters. The zero-order chi connectivity index (χ0) is 55.2. The molecule has 12 aromatic rings. The molecule has 1 N–H and O–H groups in total. The number of hydrogen-bond acceptors (Lipinski definition) is 2. The first-order valence-corrected chi connectivity index (χ1v) is 29.9. The Morgan fingerprint density at radius 3 is 1.08 bits per heavy atom. The van der Waals surface area contributed by atoms with Crippen LogP contribution in [0.5, 0.6) is 0 Å². The highest BCUT2D eigenvalue weighted by Crippen LogP contribution is 2.63. The summed E-state index contributed by atoms with van der Waals surface area (Å²) in [6.45, 7) is 0. The van der Waals surface area contributed by atoms with Gasteiger partial charge in [-0.3, -0.25) is 4.79 Å². The third-order valence-corrected chi connectivity index (χ3v) is 18.2. The number of ketones is 1. The fourth-order valence-electron chi connectivity index (χ4n) is 12.6. The molecule has 0 radical (unpaired) electrons. The first kappa shape index (κ1) is 57.3. The number of carbonyl (C=O) groups excluding carboxylic acids is 1. The second-order valence-electron chi connectivity index (χ2n) is 20.3. The van der Waals surface area contributed by atoms with E-state index in [1.807, 2.05) is 127 Å². The molecular weight excluding hydrogens is 1300 g/mol. The highest BCUT2D eigenvalue weighted by Gasteiger charge is 2.51. The van der Waals surface area contributed by atoms with Gasteiger partial charge in [0.25, 0.3) is 0 Å². The summed E-state index contributed by atoms with van der Waals surface area (Å²) < 4.78 is 4.18. The van der Waals surface area contributed by atoms with Crippen molar-refractivity contribution in [1.82, 2.24) is 0 Å². The maximum absolute atomic E-state index is 12.2. The molecule has 12 aromatic carbocycles. The van der Waals surface area contributed by atoms with Gasteiger partial charge in [-0.05, 0) is 131 Å². The molecule has 2 nitrogen and oxygen atoms in total. The lowest BCUT2D eigenvalue weighted by molar-refractivity contribution is 0.104. The molecule has 0 bridgehead atoms. The molecule has 83 heavy (non-hydrogen) atoms. The number of hydrogen-bond donors (Lipinski definition) is 1. The zero-order valence-electron chi connectivity index (χ0n) is 43.9. The molecular formula is C76H53Br4ClO2. The highest BCUT2D eigenvalue weighted by atomic mass is 79.9. The average Bonchev–Trinajstić information content (AvgIpc) is 1.62. The van der Waals surface area contributed by atoms with Crippen LogP contribution < -0.4 is 0 Å². The SMILES string of the molecule is Brc1ccc2c(c1)C1(c3ccccc3-c3ccccc31)c1ccccc1-2.Brc1ccccc1-c1ccccc1.C.Cl.O=C1c2ccccc2-c2ccc(Br)cc21.OC1(c2ccccc2-c2ccccc2)c2ccccc2-c2ccc(Br)cc21. The molecule has 4 aliphatic rings. The standard InChI is InChI=1S/C25H17BrO.C25H15Br.C13H7BrO.C12H9Br.CH4.ClH/c26-18-14-15-21-20-11-5-7-13-23(20)25(27,24(21)16-18)22-12-6-4-10-19(22)17-8-2-1-3-9-17;26-16-13-14-20-19-9-3-6-12-23(19)25(24(20)15-16)21-10-4-1-7-17(21)18-8-2-5-11-22(18)25;14-8-5-6-10-9-3-1-2-4-11(9)13(15)12(10)7-8;13-12-9-5-4-8-11(12)10-6-2-1-3-7-10;;/h1-16,27H;1-15H;1-7H;1-9H;1H4;1H. The van der Waals surface area contributed by atoms with E-state index in [-0.39, 0.29) is 31.0 Å². The van der Waals surface area contributed by atoms with Crippen LogP contribution in [0.3, 0.4) is 0 Å². The minimum atomic E-state index is -1.19. The lowest BCUT2D eigenvalue weighted by Crippen LogP contribution is -2.27. The smallest absolute Gasteiger partial charge is 0.194 e. The molecule has 0 heterocycles. The predicted molar refractivity (Wildman–Crippen MR) is 361 cm³/mol. The molecule has 0 saturated heterocycles. The Hall–Kier alpha value is -7.52. The van der Waals surface area contributed by atoms with Crippen molar-refractivity contribution in [1.29, 1.82) is 0 Å². The van der Waals surface area contributed by atoms with Crippen LogP contribution in [0.4, 0.5) is 0 Å². The van der Waals surface area contributed by atoms with Gasteiger partial charge in [-0.1, -0.05) is 314 Å². The van der Waals surface area contributed by atoms with Crippen LogP contribution in [0.25, 0.3) is 66.8 Å². The topological polar surface area (TPSA) is 37.3 Å². The van der Waals surface area contributed by atoms with E-state index < -0.39 is 5.60 Å². The van der Waals surface area contributed by atoms with E-state index in [1.165, 1.54) is 55.6 Å². The van der Waals surface area contributed by atoms with Gasteiger partial charge in [0, 0.05) is 45.7 Å². The van der Waals surface area contributed by atoms with Crippen LogP contribution in [0.1, 0.15) is 62.3 Å². The Labute approximate surface area is 525 Å². The summed E-state index contributed by atoms with van der Waals surface area (Å²) >= 11 is 14.2. The molecule has 16 rings (SSSR count). The number of aliphatic hydroxyl groups is 1. The van der Waals surface area contributed by atoms with Gasteiger partial charge in [0.05, 0.1) is 5.41 Å². The van der Waals surface area contributed by atoms with Gasteiger partial charge in [-0.2, -0.15) is 0 Å². The summed E-state index contributed by atoms with van der Waals surface area (Å²) in [6, 6.07) is 98.3. The number of fused-ring (bicyclic) bond motifs is 16.